The molecule has 0 bridgehead atoms. The largest absolute Gasteiger partial charge is 0.487 e. The Labute approximate surface area is 128 Å². The molecule has 1 N–H and O–H groups in total. The van der Waals surface area contributed by atoms with Gasteiger partial charge in [0.05, 0.1) is 25.0 Å². The van der Waals surface area contributed by atoms with Crippen molar-refractivity contribution in [3.63, 3.8) is 0 Å². The van der Waals surface area contributed by atoms with Gasteiger partial charge in [-0.2, -0.15) is 0 Å². The van der Waals surface area contributed by atoms with E-state index in [1.165, 1.54) is 0 Å². The lowest BCUT2D eigenvalue weighted by molar-refractivity contribution is 0.185. The third-order valence-corrected chi connectivity index (χ3v) is 3.46. The van der Waals surface area contributed by atoms with Crippen molar-refractivity contribution in [2.75, 3.05) is 13.1 Å². The van der Waals surface area contributed by atoms with Crippen LogP contribution >= 0.6 is 0 Å². The summed E-state index contributed by atoms with van der Waals surface area (Å²) in [4.78, 5) is 17.9. The van der Waals surface area contributed by atoms with Crippen LogP contribution in [0.15, 0.2) is 35.1 Å². The third-order valence-electron chi connectivity index (χ3n) is 3.46. The first kappa shape index (κ1) is 14.4. The normalized spacial score (nSPS) is 17.5. The van der Waals surface area contributed by atoms with Crippen molar-refractivity contribution < 1.29 is 14.1 Å². The zero-order valence-electron chi connectivity index (χ0n) is 12.4. The second-order valence-electron chi connectivity index (χ2n) is 5.26. The molecule has 7 heteroatoms. The van der Waals surface area contributed by atoms with Crippen LogP contribution in [0.2, 0.25) is 0 Å². The number of aryl methyl sites for hydroxylation is 1. The number of urea groups is 1. The molecule has 2 aromatic rings. The number of carbonyl (C=O) groups excluding carboxylic acids is 1. The Morgan fingerprint density at radius 3 is 3.23 bits per heavy atom. The third kappa shape index (κ3) is 3.55. The molecule has 0 spiro atoms. The average Bonchev–Trinajstić information content (AvgIpc) is 3.15. The molecule has 1 unspecified atom stereocenters. The molecule has 0 aromatic carbocycles. The van der Waals surface area contributed by atoms with Crippen LogP contribution in [0.1, 0.15) is 17.9 Å². The quantitative estimate of drug-likeness (QED) is 0.930. The van der Waals surface area contributed by atoms with Gasteiger partial charge in [-0.05, 0) is 19.1 Å². The highest BCUT2D eigenvalue weighted by Gasteiger charge is 2.27. The Bertz CT molecular complexity index is 629. The molecule has 7 nitrogen and oxygen atoms in total. The Morgan fingerprint density at radius 2 is 2.50 bits per heavy atom. The van der Waals surface area contributed by atoms with E-state index in [2.05, 4.69) is 15.5 Å². The van der Waals surface area contributed by atoms with E-state index >= 15 is 0 Å². The minimum atomic E-state index is -0.119. The van der Waals surface area contributed by atoms with Crippen molar-refractivity contribution in [2.45, 2.75) is 26.0 Å². The molecule has 1 fully saturated rings. The molecule has 2 aromatic heterocycles. The summed E-state index contributed by atoms with van der Waals surface area (Å²) in [5, 5.41) is 6.61. The minimum Gasteiger partial charge on any atom is -0.487 e. The first-order valence-corrected chi connectivity index (χ1v) is 7.22. The van der Waals surface area contributed by atoms with Crippen molar-refractivity contribution in [1.29, 1.82) is 0 Å². The summed E-state index contributed by atoms with van der Waals surface area (Å²) in [6.07, 6.45) is 4.19. The number of ether oxygens (including phenoxy) is 1. The van der Waals surface area contributed by atoms with Crippen LogP contribution in [0.4, 0.5) is 4.79 Å². The highest BCUT2D eigenvalue weighted by atomic mass is 16.5. The predicted molar refractivity (Wildman–Crippen MR) is 78.3 cm³/mol. The summed E-state index contributed by atoms with van der Waals surface area (Å²) in [5.74, 6) is 1.38. The summed E-state index contributed by atoms with van der Waals surface area (Å²) >= 11 is 0. The first-order chi connectivity index (χ1) is 10.7. The summed E-state index contributed by atoms with van der Waals surface area (Å²) in [5.41, 5.74) is 0.801. The van der Waals surface area contributed by atoms with Gasteiger partial charge < -0.3 is 19.5 Å². The van der Waals surface area contributed by atoms with Crippen molar-refractivity contribution in [3.05, 3.63) is 42.0 Å². The molecule has 22 heavy (non-hydrogen) atoms. The van der Waals surface area contributed by atoms with Gasteiger partial charge in [0.2, 0.25) is 0 Å². The summed E-state index contributed by atoms with van der Waals surface area (Å²) in [7, 11) is 0. The van der Waals surface area contributed by atoms with Gasteiger partial charge in [-0.3, -0.25) is 4.98 Å². The van der Waals surface area contributed by atoms with E-state index in [1.807, 2.05) is 19.1 Å². The van der Waals surface area contributed by atoms with Gasteiger partial charge in [0.1, 0.15) is 11.9 Å². The molecule has 3 heterocycles. The fourth-order valence-electron chi connectivity index (χ4n) is 2.39. The molecule has 0 aliphatic carbocycles. The number of aromatic nitrogens is 2. The van der Waals surface area contributed by atoms with Crippen molar-refractivity contribution in [2.24, 2.45) is 0 Å². The maximum Gasteiger partial charge on any atom is 0.317 e. The number of amides is 2. The minimum absolute atomic E-state index is 0.00229. The van der Waals surface area contributed by atoms with E-state index in [0.29, 0.717) is 25.4 Å². The van der Waals surface area contributed by atoms with Gasteiger partial charge in [-0.15, -0.1) is 0 Å². The second kappa shape index (κ2) is 6.46. The van der Waals surface area contributed by atoms with Gasteiger partial charge in [-0.25, -0.2) is 4.79 Å². The standard InChI is InChI=1S/C15H18N4O3/c1-11-7-14(22-18-11)9-17-15(20)19-6-4-13(10-19)21-12-3-2-5-16-8-12/h2-3,5,7-8,13H,4,6,9-10H2,1H3,(H,17,20). The van der Waals surface area contributed by atoms with Crippen LogP contribution in [0.3, 0.4) is 0 Å². The number of carbonyl (C=O) groups is 1. The van der Waals surface area contributed by atoms with E-state index in [-0.39, 0.29) is 12.1 Å². The van der Waals surface area contributed by atoms with Crippen LogP contribution in [0.25, 0.3) is 0 Å². The number of likely N-dealkylation sites (tertiary alicyclic amines) is 1. The fraction of sp³-hybridized carbons (Fsp3) is 0.400. The number of nitrogens with one attached hydrogen (secondary N) is 1. The van der Waals surface area contributed by atoms with Crippen LogP contribution in [-0.2, 0) is 6.54 Å². The zero-order valence-corrected chi connectivity index (χ0v) is 12.4. The van der Waals surface area contributed by atoms with E-state index < -0.39 is 0 Å². The number of hydrogen-bond donors (Lipinski definition) is 1. The monoisotopic (exact) mass is 302 g/mol. The molecule has 1 saturated heterocycles. The van der Waals surface area contributed by atoms with Gasteiger partial charge >= 0.3 is 6.03 Å². The summed E-state index contributed by atoms with van der Waals surface area (Å²) < 4.78 is 10.9. The molecular weight excluding hydrogens is 284 g/mol. The second-order valence-corrected chi connectivity index (χ2v) is 5.26. The smallest absolute Gasteiger partial charge is 0.317 e. The van der Waals surface area contributed by atoms with Gasteiger partial charge in [0.15, 0.2) is 5.76 Å². The van der Waals surface area contributed by atoms with Crippen molar-refractivity contribution >= 4 is 6.03 Å². The van der Waals surface area contributed by atoms with E-state index in [1.54, 1.807) is 23.4 Å². The summed E-state index contributed by atoms with van der Waals surface area (Å²) in [6.45, 7) is 3.42. The molecule has 116 valence electrons. The summed E-state index contributed by atoms with van der Waals surface area (Å²) in [6, 6.07) is 5.38. The van der Waals surface area contributed by atoms with Crippen molar-refractivity contribution in [3.8, 4) is 5.75 Å². The van der Waals surface area contributed by atoms with Crippen LogP contribution in [-0.4, -0.2) is 40.3 Å². The Hall–Kier alpha value is -2.57. The Morgan fingerprint density at radius 1 is 1.59 bits per heavy atom. The Balaban J connectivity index is 1.46. The molecular formula is C15H18N4O3. The zero-order chi connectivity index (χ0) is 15.4. The van der Waals surface area contributed by atoms with Gasteiger partial charge in [-0.1, -0.05) is 5.16 Å². The van der Waals surface area contributed by atoms with Crippen LogP contribution < -0.4 is 10.1 Å². The molecule has 1 aliphatic rings. The highest BCUT2D eigenvalue weighted by Crippen LogP contribution is 2.17. The lowest BCUT2D eigenvalue weighted by Gasteiger charge is -2.17. The average molecular weight is 302 g/mol. The predicted octanol–water partition coefficient (Wildman–Crippen LogP) is 1.74. The van der Waals surface area contributed by atoms with Crippen LogP contribution in [0.5, 0.6) is 5.75 Å². The maximum absolute atomic E-state index is 12.1. The highest BCUT2D eigenvalue weighted by molar-refractivity contribution is 5.74. The molecule has 3 rings (SSSR count). The van der Waals surface area contributed by atoms with Gasteiger partial charge in [0.25, 0.3) is 0 Å². The number of rotatable bonds is 4. The van der Waals surface area contributed by atoms with E-state index in [9.17, 15) is 4.79 Å². The lowest BCUT2D eigenvalue weighted by atomic mass is 10.3. The fourth-order valence-corrected chi connectivity index (χ4v) is 2.39. The number of nitrogens with zero attached hydrogens (tertiary/aromatic N) is 3. The number of pyridine rings is 1. The molecule has 1 aliphatic heterocycles. The Kier molecular flexibility index (Phi) is 4.22. The van der Waals surface area contributed by atoms with E-state index in [4.69, 9.17) is 9.26 Å². The molecule has 0 saturated carbocycles. The van der Waals surface area contributed by atoms with Crippen molar-refractivity contribution in [1.82, 2.24) is 20.4 Å². The van der Waals surface area contributed by atoms with E-state index in [0.717, 1.165) is 17.9 Å². The lowest BCUT2D eigenvalue weighted by Crippen LogP contribution is -2.39. The molecule has 0 radical (unpaired) electrons. The first-order valence-electron chi connectivity index (χ1n) is 7.22. The van der Waals surface area contributed by atoms with Crippen LogP contribution in [0, 0.1) is 6.92 Å². The molecule has 2 amide bonds. The topological polar surface area (TPSA) is 80.5 Å². The molecule has 1 atom stereocenters. The maximum atomic E-state index is 12.1. The SMILES string of the molecule is Cc1cc(CNC(=O)N2CCC(Oc3cccnc3)C2)on1. The number of hydrogen-bond acceptors (Lipinski definition) is 5. The van der Waals surface area contributed by atoms with Gasteiger partial charge in [0, 0.05) is 25.2 Å².